The average Bonchev–Trinajstić information content (AvgIpc) is 3.27. The highest BCUT2D eigenvalue weighted by molar-refractivity contribution is 5.76. The van der Waals surface area contributed by atoms with Gasteiger partial charge < -0.3 is 20.1 Å². The maximum Gasteiger partial charge on any atom is 0.220 e. The van der Waals surface area contributed by atoms with Crippen LogP contribution in [-0.2, 0) is 24.3 Å². The highest BCUT2D eigenvalue weighted by atomic mass is 16.5. The Morgan fingerprint density at radius 1 is 1.22 bits per heavy atom. The summed E-state index contributed by atoms with van der Waals surface area (Å²) in [5.41, 5.74) is 3.11. The first-order chi connectivity index (χ1) is 15.7. The van der Waals surface area contributed by atoms with Gasteiger partial charge in [-0.25, -0.2) is 0 Å². The maximum atomic E-state index is 12.6. The number of hydrogen-bond acceptors (Lipinski definition) is 6. The van der Waals surface area contributed by atoms with Crippen molar-refractivity contribution >= 4 is 11.6 Å². The molecule has 2 unspecified atom stereocenters. The van der Waals surface area contributed by atoms with Crippen LogP contribution in [0.5, 0.6) is 0 Å². The largest absolute Gasteiger partial charge is 0.367 e. The molecule has 0 saturated carbocycles. The number of pyridine rings is 1. The van der Waals surface area contributed by atoms with Crippen LogP contribution in [-0.4, -0.2) is 36.2 Å². The third kappa shape index (κ3) is 6.17. The summed E-state index contributed by atoms with van der Waals surface area (Å²) in [4.78, 5) is 18.8. The second kappa shape index (κ2) is 10.9. The summed E-state index contributed by atoms with van der Waals surface area (Å²) in [5, 5.41) is 10.8. The zero-order valence-corrected chi connectivity index (χ0v) is 18.5. The van der Waals surface area contributed by atoms with Gasteiger partial charge in [0.25, 0.3) is 0 Å². The average molecular weight is 434 g/mol. The topological polar surface area (TPSA) is 83.3 Å². The van der Waals surface area contributed by atoms with Crippen molar-refractivity contribution in [3.8, 4) is 0 Å². The van der Waals surface area contributed by atoms with Gasteiger partial charge in [-0.15, -0.1) is 0 Å². The number of para-hydroxylation sites is 1. The first-order valence-electron chi connectivity index (χ1n) is 11.2. The molecule has 0 aliphatic carbocycles. The van der Waals surface area contributed by atoms with E-state index in [1.54, 1.807) is 12.4 Å². The second-order valence-electron chi connectivity index (χ2n) is 8.54. The molecule has 1 fully saturated rings. The van der Waals surface area contributed by atoms with E-state index in [0.717, 1.165) is 48.6 Å². The molecule has 32 heavy (non-hydrogen) atoms. The van der Waals surface area contributed by atoms with Crippen molar-refractivity contribution in [3.63, 3.8) is 0 Å². The van der Waals surface area contributed by atoms with Crippen LogP contribution in [0.4, 0.5) is 5.69 Å². The number of piperidine rings is 1. The van der Waals surface area contributed by atoms with Gasteiger partial charge in [-0.1, -0.05) is 29.4 Å². The van der Waals surface area contributed by atoms with Gasteiger partial charge in [0.2, 0.25) is 5.91 Å². The second-order valence-corrected chi connectivity index (χ2v) is 8.54. The summed E-state index contributed by atoms with van der Waals surface area (Å²) < 4.78 is 5.60. The van der Waals surface area contributed by atoms with Gasteiger partial charge in [0, 0.05) is 44.2 Å². The van der Waals surface area contributed by atoms with Gasteiger partial charge in [0.15, 0.2) is 5.76 Å². The van der Waals surface area contributed by atoms with Gasteiger partial charge in [0.05, 0.1) is 12.2 Å². The van der Waals surface area contributed by atoms with Gasteiger partial charge in [0.1, 0.15) is 0 Å². The van der Waals surface area contributed by atoms with Crippen LogP contribution in [0.15, 0.2) is 65.4 Å². The van der Waals surface area contributed by atoms with Crippen molar-refractivity contribution in [1.82, 2.24) is 20.8 Å². The fourth-order valence-electron chi connectivity index (χ4n) is 4.30. The zero-order valence-electron chi connectivity index (χ0n) is 18.5. The van der Waals surface area contributed by atoms with Gasteiger partial charge in [-0.3, -0.25) is 9.78 Å². The van der Waals surface area contributed by atoms with E-state index in [-0.39, 0.29) is 5.91 Å². The fraction of sp³-hybridized carbons (Fsp3) is 0.400. The Bertz CT molecular complexity index is 976. The molecular weight excluding hydrogens is 402 g/mol. The molecule has 0 spiro atoms. The number of aromatic nitrogens is 2. The Kier molecular flexibility index (Phi) is 7.51. The molecule has 4 rings (SSSR count). The number of carbonyl (C=O) groups is 1. The number of nitrogens with zero attached hydrogens (tertiary/aromatic N) is 3. The van der Waals surface area contributed by atoms with Gasteiger partial charge in [-0.05, 0) is 61.5 Å². The van der Waals surface area contributed by atoms with E-state index < -0.39 is 0 Å². The normalized spacial score (nSPS) is 18.3. The monoisotopic (exact) mass is 433 g/mol. The molecule has 1 amide bonds. The molecule has 0 bridgehead atoms. The number of benzene rings is 1. The first kappa shape index (κ1) is 22.0. The third-order valence-electron chi connectivity index (χ3n) is 6.09. The van der Waals surface area contributed by atoms with Crippen molar-refractivity contribution in [2.45, 2.75) is 32.4 Å². The summed E-state index contributed by atoms with van der Waals surface area (Å²) >= 11 is 0. The van der Waals surface area contributed by atoms with Crippen molar-refractivity contribution in [3.05, 3.63) is 77.9 Å². The summed E-state index contributed by atoms with van der Waals surface area (Å²) in [6.07, 6.45) is 5.86. The zero-order chi connectivity index (χ0) is 22.2. The molecule has 3 heterocycles. The minimum Gasteiger partial charge on any atom is -0.367 e. The van der Waals surface area contributed by atoms with Gasteiger partial charge in [-0.2, -0.15) is 0 Å². The minimum atomic E-state index is 0.0936. The summed E-state index contributed by atoms with van der Waals surface area (Å²) in [7, 11) is 2.04. The van der Waals surface area contributed by atoms with E-state index in [0.29, 0.717) is 31.3 Å². The van der Waals surface area contributed by atoms with Crippen LogP contribution in [0, 0.1) is 11.8 Å². The molecule has 7 nitrogen and oxygen atoms in total. The number of anilines is 1. The van der Waals surface area contributed by atoms with Crippen LogP contribution in [0.25, 0.3) is 0 Å². The quantitative estimate of drug-likeness (QED) is 0.539. The Morgan fingerprint density at radius 2 is 2.09 bits per heavy atom. The maximum absolute atomic E-state index is 12.6. The number of amides is 1. The van der Waals surface area contributed by atoms with E-state index in [2.05, 4.69) is 37.8 Å². The molecule has 7 heteroatoms. The third-order valence-corrected chi connectivity index (χ3v) is 6.09. The Hall–Kier alpha value is -3.19. The van der Waals surface area contributed by atoms with Crippen LogP contribution in [0.1, 0.15) is 29.9 Å². The Balaban J connectivity index is 1.30. The highest BCUT2D eigenvalue weighted by Gasteiger charge is 2.28. The van der Waals surface area contributed by atoms with Gasteiger partial charge >= 0.3 is 0 Å². The summed E-state index contributed by atoms with van der Waals surface area (Å²) in [5.74, 6) is 1.63. The first-order valence-corrected chi connectivity index (χ1v) is 11.2. The lowest BCUT2D eigenvalue weighted by molar-refractivity contribution is -0.122. The van der Waals surface area contributed by atoms with E-state index in [4.69, 9.17) is 4.52 Å². The van der Waals surface area contributed by atoms with E-state index in [9.17, 15) is 4.79 Å². The predicted molar refractivity (Wildman–Crippen MR) is 124 cm³/mol. The van der Waals surface area contributed by atoms with Crippen molar-refractivity contribution in [2.75, 3.05) is 25.0 Å². The standard InChI is InChI=1S/C25H31N5O2/c1-30(23-7-3-2-4-8-23)18-24-14-22(29-32-24)12-21-17-27-11-9-20(21)13-25(31)28-16-19-6-5-10-26-15-19/h2-8,10,14-15,20-21,27H,9,11-13,16-18H2,1H3,(H,28,31). The van der Waals surface area contributed by atoms with Crippen LogP contribution < -0.4 is 15.5 Å². The van der Waals surface area contributed by atoms with Crippen LogP contribution in [0.3, 0.4) is 0 Å². The molecule has 2 aromatic heterocycles. The number of carbonyl (C=O) groups excluding carboxylic acids is 1. The Labute approximate surface area is 189 Å². The summed E-state index contributed by atoms with van der Waals surface area (Å²) in [6.45, 7) is 3.03. The molecule has 2 atom stereocenters. The molecular formula is C25H31N5O2. The SMILES string of the molecule is CN(Cc1cc(CC2CNCCC2CC(=O)NCc2cccnc2)no1)c1ccccc1. The fourth-order valence-corrected chi connectivity index (χ4v) is 4.30. The molecule has 0 radical (unpaired) electrons. The van der Waals surface area contributed by atoms with Crippen LogP contribution >= 0.6 is 0 Å². The van der Waals surface area contributed by atoms with E-state index in [1.165, 1.54) is 0 Å². The molecule has 3 aromatic rings. The van der Waals surface area contributed by atoms with Crippen molar-refractivity contribution in [1.29, 1.82) is 0 Å². The predicted octanol–water partition coefficient (Wildman–Crippen LogP) is 3.18. The van der Waals surface area contributed by atoms with Crippen molar-refractivity contribution in [2.24, 2.45) is 11.8 Å². The highest BCUT2D eigenvalue weighted by Crippen LogP contribution is 2.26. The molecule has 1 aromatic carbocycles. The Morgan fingerprint density at radius 3 is 2.91 bits per heavy atom. The molecule has 1 aliphatic rings. The minimum absolute atomic E-state index is 0.0936. The lowest BCUT2D eigenvalue weighted by Crippen LogP contribution is -2.40. The molecule has 1 aliphatic heterocycles. The number of rotatable bonds is 9. The smallest absolute Gasteiger partial charge is 0.220 e. The molecule has 2 N–H and O–H groups in total. The summed E-state index contributed by atoms with van der Waals surface area (Å²) in [6, 6.07) is 16.1. The number of nitrogens with one attached hydrogen (secondary N) is 2. The lowest BCUT2D eigenvalue weighted by Gasteiger charge is -2.31. The molecule has 168 valence electrons. The van der Waals surface area contributed by atoms with E-state index >= 15 is 0 Å². The lowest BCUT2D eigenvalue weighted by atomic mass is 9.81. The molecule has 1 saturated heterocycles. The van der Waals surface area contributed by atoms with Crippen molar-refractivity contribution < 1.29 is 9.32 Å². The number of hydrogen-bond donors (Lipinski definition) is 2. The van der Waals surface area contributed by atoms with Crippen LogP contribution in [0.2, 0.25) is 0 Å². The van der Waals surface area contributed by atoms with E-state index in [1.807, 2.05) is 43.4 Å².